The highest BCUT2D eigenvalue weighted by atomic mass is 14.6. The minimum absolute atomic E-state index is 1.16. The summed E-state index contributed by atoms with van der Waals surface area (Å²) in [5, 5.41) is 0. The molecule has 0 unspecified atom stereocenters. The second-order valence-electron chi connectivity index (χ2n) is 2.80. The first-order chi connectivity index (χ1) is 5.88. The Balaban J connectivity index is 2.73. The summed E-state index contributed by atoms with van der Waals surface area (Å²) in [4.78, 5) is 4.13. The monoisotopic (exact) mass is 155 g/mol. The first kappa shape index (κ1) is 7.08. The Kier molecular flexibility index (Phi) is 1.65. The lowest BCUT2D eigenvalue weighted by atomic mass is 10.1. The zero-order valence-corrected chi connectivity index (χ0v) is 6.91. The van der Waals surface area contributed by atoms with E-state index in [9.17, 15) is 0 Å². The van der Waals surface area contributed by atoms with Crippen LogP contribution in [0.4, 0.5) is 0 Å². The van der Waals surface area contributed by atoms with Crippen LogP contribution in [-0.2, 0) is 0 Å². The van der Waals surface area contributed by atoms with Gasteiger partial charge < -0.3 is 0 Å². The van der Waals surface area contributed by atoms with Gasteiger partial charge in [0.05, 0.1) is 0 Å². The van der Waals surface area contributed by atoms with Gasteiger partial charge in [0.25, 0.3) is 0 Å². The van der Waals surface area contributed by atoms with E-state index in [-0.39, 0.29) is 0 Å². The van der Waals surface area contributed by atoms with Crippen LogP contribution in [0.3, 0.4) is 0 Å². The van der Waals surface area contributed by atoms with Crippen molar-refractivity contribution in [3.63, 3.8) is 0 Å². The topological polar surface area (TPSA) is 12.9 Å². The predicted octanol–water partition coefficient (Wildman–Crippen LogP) is 2.59. The Morgan fingerprint density at radius 3 is 3.17 bits per heavy atom. The van der Waals surface area contributed by atoms with Crippen LogP contribution in [0.2, 0.25) is 0 Å². The molecule has 1 aliphatic rings. The Morgan fingerprint density at radius 2 is 2.25 bits per heavy atom. The molecule has 0 aliphatic heterocycles. The van der Waals surface area contributed by atoms with Gasteiger partial charge in [-0.15, -0.1) is 5.73 Å². The molecule has 1 aromatic rings. The molecule has 1 nitrogen and oxygen atoms in total. The maximum absolute atomic E-state index is 4.13. The van der Waals surface area contributed by atoms with E-state index in [1.54, 1.807) is 0 Å². The van der Waals surface area contributed by atoms with E-state index >= 15 is 0 Å². The van der Waals surface area contributed by atoms with Gasteiger partial charge in [-0.1, -0.05) is 12.2 Å². The quantitative estimate of drug-likeness (QED) is 0.525. The van der Waals surface area contributed by atoms with E-state index in [1.165, 1.54) is 11.1 Å². The van der Waals surface area contributed by atoms with Crippen molar-refractivity contribution >= 4 is 12.2 Å². The maximum atomic E-state index is 4.13. The lowest BCUT2D eigenvalue weighted by molar-refractivity contribution is 1.25. The minimum Gasteiger partial charge on any atom is -0.264 e. The molecule has 12 heavy (non-hydrogen) atoms. The van der Waals surface area contributed by atoms with Crippen molar-refractivity contribution in [2.75, 3.05) is 0 Å². The van der Waals surface area contributed by atoms with Crippen molar-refractivity contribution in [2.24, 2.45) is 0 Å². The molecule has 0 radical (unpaired) electrons. The van der Waals surface area contributed by atoms with Crippen molar-refractivity contribution in [1.29, 1.82) is 0 Å². The number of aromatic nitrogens is 1. The molecular formula is C11H9N. The molecule has 1 heterocycles. The minimum atomic E-state index is 1.16. The molecule has 0 saturated heterocycles. The Labute approximate surface area is 71.8 Å². The molecule has 1 heteroatoms. The van der Waals surface area contributed by atoms with Crippen LogP contribution in [0.1, 0.15) is 16.7 Å². The van der Waals surface area contributed by atoms with Crippen molar-refractivity contribution in [1.82, 2.24) is 4.98 Å². The second-order valence-corrected chi connectivity index (χ2v) is 2.80. The number of rotatable bonds is 0. The third kappa shape index (κ3) is 1.11. The van der Waals surface area contributed by atoms with Crippen LogP contribution in [0.15, 0.2) is 30.3 Å². The highest BCUT2D eigenvalue weighted by Gasteiger charge is 2.00. The van der Waals surface area contributed by atoms with Crippen molar-refractivity contribution < 1.29 is 0 Å². The number of hydrogen-bond donors (Lipinski definition) is 0. The number of nitrogens with zero attached hydrogens (tertiary/aromatic N) is 1. The number of pyridine rings is 1. The van der Waals surface area contributed by atoms with Crippen molar-refractivity contribution in [3.05, 3.63) is 47.0 Å². The zero-order valence-electron chi connectivity index (χ0n) is 6.91. The number of allylic oxidation sites excluding steroid dienone is 2. The first-order valence-electron chi connectivity index (χ1n) is 3.92. The van der Waals surface area contributed by atoms with E-state index in [0.717, 1.165) is 5.56 Å². The number of hydrogen-bond acceptors (Lipinski definition) is 1. The molecular weight excluding hydrogens is 146 g/mol. The van der Waals surface area contributed by atoms with Crippen molar-refractivity contribution in [3.8, 4) is 0 Å². The zero-order chi connectivity index (χ0) is 8.39. The molecule has 0 atom stereocenters. The van der Waals surface area contributed by atoms with Gasteiger partial charge in [-0.05, 0) is 30.2 Å². The Bertz CT molecular complexity index is 393. The molecule has 0 bridgehead atoms. The summed E-state index contributed by atoms with van der Waals surface area (Å²) in [6, 6.07) is 0. The van der Waals surface area contributed by atoms with Crippen LogP contribution >= 0.6 is 0 Å². The average molecular weight is 155 g/mol. The summed E-state index contributed by atoms with van der Waals surface area (Å²) in [6.07, 6.45) is 11.7. The van der Waals surface area contributed by atoms with Gasteiger partial charge in [-0.25, -0.2) is 0 Å². The third-order valence-electron chi connectivity index (χ3n) is 1.91. The summed E-state index contributed by atoms with van der Waals surface area (Å²) in [7, 11) is 0. The van der Waals surface area contributed by atoms with Crippen LogP contribution in [0.5, 0.6) is 0 Å². The van der Waals surface area contributed by atoms with Gasteiger partial charge in [-0.2, -0.15) is 0 Å². The van der Waals surface area contributed by atoms with E-state index in [1.807, 2.05) is 36.7 Å². The SMILES string of the molecule is Cc1cncc2c1C=C=CC=C2. The summed E-state index contributed by atoms with van der Waals surface area (Å²) in [5.74, 6) is 0. The van der Waals surface area contributed by atoms with Gasteiger partial charge >= 0.3 is 0 Å². The number of fused-ring (bicyclic) bond motifs is 1. The Morgan fingerprint density at radius 1 is 1.33 bits per heavy atom. The molecule has 0 spiro atoms. The van der Waals surface area contributed by atoms with Crippen LogP contribution in [-0.4, -0.2) is 4.98 Å². The van der Waals surface area contributed by atoms with E-state index in [0.29, 0.717) is 0 Å². The maximum Gasteiger partial charge on any atom is 0.0346 e. The molecule has 1 aliphatic carbocycles. The number of aryl methyl sites for hydroxylation is 1. The van der Waals surface area contributed by atoms with E-state index in [2.05, 4.69) is 17.6 Å². The average Bonchev–Trinajstić information content (AvgIpc) is 2.30. The largest absolute Gasteiger partial charge is 0.264 e. The molecule has 0 saturated carbocycles. The fourth-order valence-electron chi connectivity index (χ4n) is 1.26. The van der Waals surface area contributed by atoms with Crippen LogP contribution in [0.25, 0.3) is 12.2 Å². The lowest BCUT2D eigenvalue weighted by Crippen LogP contribution is -1.87. The molecule has 58 valence electrons. The summed E-state index contributed by atoms with van der Waals surface area (Å²) in [5.41, 5.74) is 6.65. The summed E-state index contributed by atoms with van der Waals surface area (Å²) < 4.78 is 0. The second kappa shape index (κ2) is 2.80. The van der Waals surface area contributed by atoms with Gasteiger partial charge in [0.1, 0.15) is 0 Å². The van der Waals surface area contributed by atoms with Gasteiger partial charge in [0.2, 0.25) is 0 Å². The molecule has 2 rings (SSSR count). The van der Waals surface area contributed by atoms with Gasteiger partial charge in [-0.3, -0.25) is 4.98 Å². The normalized spacial score (nSPS) is 12.8. The van der Waals surface area contributed by atoms with Gasteiger partial charge in [0, 0.05) is 18.0 Å². The smallest absolute Gasteiger partial charge is 0.0346 e. The molecule has 0 amide bonds. The molecule has 0 fully saturated rings. The highest BCUT2D eigenvalue weighted by Crippen LogP contribution is 2.16. The fourth-order valence-corrected chi connectivity index (χ4v) is 1.26. The fraction of sp³-hybridized carbons (Fsp3) is 0.0909. The molecule has 0 N–H and O–H groups in total. The predicted molar refractivity (Wildman–Crippen MR) is 50.6 cm³/mol. The lowest BCUT2D eigenvalue weighted by Gasteiger charge is -2.01. The van der Waals surface area contributed by atoms with Gasteiger partial charge in [0.15, 0.2) is 0 Å². The van der Waals surface area contributed by atoms with Crippen LogP contribution < -0.4 is 0 Å². The highest BCUT2D eigenvalue weighted by molar-refractivity contribution is 5.68. The van der Waals surface area contributed by atoms with E-state index < -0.39 is 0 Å². The summed E-state index contributed by atoms with van der Waals surface area (Å²) in [6.45, 7) is 2.06. The van der Waals surface area contributed by atoms with Crippen LogP contribution in [0, 0.1) is 6.92 Å². The Hall–Kier alpha value is -1.59. The molecule has 1 aromatic heterocycles. The molecule has 0 aromatic carbocycles. The first-order valence-corrected chi connectivity index (χ1v) is 3.92. The standard InChI is InChI=1S/C11H9N/c1-9-7-12-8-10-5-3-2-4-6-11(9)10/h2-3,5-8H,1H3. The third-order valence-corrected chi connectivity index (χ3v) is 1.91. The van der Waals surface area contributed by atoms with Crippen molar-refractivity contribution in [2.45, 2.75) is 6.92 Å². The van der Waals surface area contributed by atoms with E-state index in [4.69, 9.17) is 0 Å². The summed E-state index contributed by atoms with van der Waals surface area (Å²) >= 11 is 0.